The average Bonchev–Trinajstić information content (AvgIpc) is 3.12. The Morgan fingerprint density at radius 1 is 1.17 bits per heavy atom. The first-order chi connectivity index (χ1) is 14.2. The van der Waals surface area contributed by atoms with E-state index in [4.69, 9.17) is 4.42 Å². The van der Waals surface area contributed by atoms with Crippen molar-refractivity contribution in [2.24, 2.45) is 0 Å². The second-order valence-electron chi connectivity index (χ2n) is 7.19. The van der Waals surface area contributed by atoms with E-state index in [1.54, 1.807) is 0 Å². The minimum atomic E-state index is -3.85. The molecule has 0 aliphatic heterocycles. The van der Waals surface area contributed by atoms with E-state index in [9.17, 15) is 18.5 Å². The molecule has 0 spiro atoms. The maximum absolute atomic E-state index is 12.5. The van der Waals surface area contributed by atoms with Crippen LogP contribution in [0.2, 0.25) is 0 Å². The largest absolute Gasteiger partial charge is 0.459 e. The van der Waals surface area contributed by atoms with Crippen LogP contribution in [0.4, 0.5) is 11.4 Å². The van der Waals surface area contributed by atoms with E-state index in [0.29, 0.717) is 12.3 Å². The Bertz CT molecular complexity index is 1120. The number of furan rings is 1. The molecule has 1 aromatic heterocycles. The van der Waals surface area contributed by atoms with Gasteiger partial charge >= 0.3 is 0 Å². The SMILES string of the molecule is CC(Nc1ccc(S(=O)(=O)NCCN(C)C)cc1[N+](=O)[O-])c1cc2ccccc2o1. The molecule has 1 unspecified atom stereocenters. The highest BCUT2D eigenvalue weighted by Crippen LogP contribution is 2.32. The zero-order chi connectivity index (χ0) is 21.9. The van der Waals surface area contributed by atoms with Crippen molar-refractivity contribution in [2.45, 2.75) is 17.9 Å². The van der Waals surface area contributed by atoms with Crippen LogP contribution >= 0.6 is 0 Å². The second kappa shape index (κ2) is 8.82. The Morgan fingerprint density at radius 2 is 1.90 bits per heavy atom. The fraction of sp³-hybridized carbons (Fsp3) is 0.300. The van der Waals surface area contributed by atoms with Gasteiger partial charge in [0, 0.05) is 24.5 Å². The van der Waals surface area contributed by atoms with E-state index in [0.717, 1.165) is 17.0 Å². The minimum absolute atomic E-state index is 0.158. The fourth-order valence-corrected chi connectivity index (χ4v) is 4.00. The van der Waals surface area contributed by atoms with Gasteiger partial charge in [-0.25, -0.2) is 13.1 Å². The van der Waals surface area contributed by atoms with Gasteiger partial charge in [-0.2, -0.15) is 0 Å². The molecule has 2 aromatic carbocycles. The fourth-order valence-electron chi connectivity index (χ4n) is 2.96. The predicted octanol–water partition coefficient (Wildman–Crippen LogP) is 3.35. The number of nitrogens with zero attached hydrogens (tertiary/aromatic N) is 2. The maximum atomic E-state index is 12.5. The molecule has 1 heterocycles. The molecule has 9 nitrogen and oxygen atoms in total. The third kappa shape index (κ3) is 4.96. The first kappa shape index (κ1) is 21.8. The lowest BCUT2D eigenvalue weighted by Gasteiger charge is -2.14. The average molecular weight is 433 g/mol. The molecule has 1 atom stereocenters. The lowest BCUT2D eigenvalue weighted by atomic mass is 10.2. The molecule has 0 radical (unpaired) electrons. The Morgan fingerprint density at radius 3 is 2.57 bits per heavy atom. The summed E-state index contributed by atoms with van der Waals surface area (Å²) in [5, 5.41) is 15.6. The normalized spacial score (nSPS) is 12.9. The van der Waals surface area contributed by atoms with Crippen molar-refractivity contribution in [1.29, 1.82) is 0 Å². The number of fused-ring (bicyclic) bond motifs is 1. The van der Waals surface area contributed by atoms with Crippen LogP contribution in [0.15, 0.2) is 57.8 Å². The number of nitro benzene ring substituents is 1. The summed E-state index contributed by atoms with van der Waals surface area (Å²) in [4.78, 5) is 12.7. The zero-order valence-electron chi connectivity index (χ0n) is 17.0. The molecule has 3 rings (SSSR count). The molecule has 2 N–H and O–H groups in total. The molecule has 0 bridgehead atoms. The topological polar surface area (TPSA) is 118 Å². The highest BCUT2D eigenvalue weighted by Gasteiger charge is 2.23. The summed E-state index contributed by atoms with van der Waals surface area (Å²) in [7, 11) is -0.210. The number of anilines is 1. The molecular weight excluding hydrogens is 408 g/mol. The van der Waals surface area contributed by atoms with Gasteiger partial charge in [0.25, 0.3) is 5.69 Å². The molecule has 0 saturated heterocycles. The van der Waals surface area contributed by atoms with Crippen molar-refractivity contribution in [2.75, 3.05) is 32.5 Å². The molecule has 10 heteroatoms. The Hall–Kier alpha value is -2.95. The van der Waals surface area contributed by atoms with Crippen LogP contribution in [-0.4, -0.2) is 45.4 Å². The van der Waals surface area contributed by atoms with E-state index < -0.39 is 14.9 Å². The van der Waals surface area contributed by atoms with Gasteiger partial charge in [0.15, 0.2) is 0 Å². The number of sulfonamides is 1. The first-order valence-corrected chi connectivity index (χ1v) is 10.8. The minimum Gasteiger partial charge on any atom is -0.459 e. The summed E-state index contributed by atoms with van der Waals surface area (Å²) in [5.74, 6) is 0.618. The zero-order valence-corrected chi connectivity index (χ0v) is 17.8. The van der Waals surface area contributed by atoms with Crippen molar-refractivity contribution in [3.05, 3.63) is 64.4 Å². The molecule has 3 aromatic rings. The van der Waals surface area contributed by atoms with Gasteiger partial charge in [-0.05, 0) is 45.3 Å². The van der Waals surface area contributed by atoms with Gasteiger partial charge < -0.3 is 14.6 Å². The third-order valence-corrected chi connectivity index (χ3v) is 6.03. The third-order valence-electron chi connectivity index (χ3n) is 4.57. The van der Waals surface area contributed by atoms with E-state index in [-0.39, 0.29) is 28.9 Å². The van der Waals surface area contributed by atoms with Crippen molar-refractivity contribution >= 4 is 32.4 Å². The highest BCUT2D eigenvalue weighted by atomic mass is 32.2. The van der Waals surface area contributed by atoms with Gasteiger partial charge in [0.05, 0.1) is 15.9 Å². The number of hydrogen-bond acceptors (Lipinski definition) is 7. The summed E-state index contributed by atoms with van der Waals surface area (Å²) in [6.07, 6.45) is 0. The molecule has 0 aliphatic carbocycles. The summed E-state index contributed by atoms with van der Waals surface area (Å²) in [6.45, 7) is 2.52. The number of benzene rings is 2. The van der Waals surface area contributed by atoms with E-state index in [2.05, 4.69) is 10.0 Å². The standard InChI is InChI=1S/C20H24N4O5S/c1-14(20-12-15-6-4-5-7-19(15)29-20)22-17-9-8-16(13-18(17)24(25)26)30(27,28)21-10-11-23(2)3/h4-9,12-14,21-22H,10-11H2,1-3H3. The summed E-state index contributed by atoms with van der Waals surface area (Å²) in [5.41, 5.74) is 0.606. The molecule has 0 aliphatic rings. The van der Waals surface area contributed by atoms with Gasteiger partial charge in [0.2, 0.25) is 10.0 Å². The Labute approximate surface area is 174 Å². The van der Waals surface area contributed by atoms with Crippen molar-refractivity contribution < 1.29 is 17.8 Å². The number of nitrogens with one attached hydrogen (secondary N) is 2. The van der Waals surface area contributed by atoms with Crippen LogP contribution in [0.3, 0.4) is 0 Å². The molecular formula is C20H24N4O5S. The quantitative estimate of drug-likeness (QED) is 0.393. The monoisotopic (exact) mass is 432 g/mol. The summed E-state index contributed by atoms with van der Waals surface area (Å²) in [6, 6.07) is 12.8. The van der Waals surface area contributed by atoms with Gasteiger partial charge in [-0.15, -0.1) is 0 Å². The van der Waals surface area contributed by atoms with E-state index in [1.165, 1.54) is 12.1 Å². The maximum Gasteiger partial charge on any atom is 0.293 e. The molecule has 30 heavy (non-hydrogen) atoms. The van der Waals surface area contributed by atoms with Gasteiger partial charge in [0.1, 0.15) is 17.0 Å². The van der Waals surface area contributed by atoms with Crippen molar-refractivity contribution in [3.8, 4) is 0 Å². The highest BCUT2D eigenvalue weighted by molar-refractivity contribution is 7.89. The molecule has 160 valence electrons. The van der Waals surface area contributed by atoms with Crippen molar-refractivity contribution in [1.82, 2.24) is 9.62 Å². The number of para-hydroxylation sites is 1. The van der Waals surface area contributed by atoms with Crippen LogP contribution in [0, 0.1) is 10.1 Å². The Balaban J connectivity index is 1.83. The number of likely N-dealkylation sites (N-methyl/N-ethyl adjacent to an activating group) is 1. The molecule has 0 fully saturated rings. The predicted molar refractivity (Wildman–Crippen MR) is 115 cm³/mol. The van der Waals surface area contributed by atoms with Crippen LogP contribution in [0.25, 0.3) is 11.0 Å². The molecule has 0 amide bonds. The van der Waals surface area contributed by atoms with E-state index in [1.807, 2.05) is 56.3 Å². The number of rotatable bonds is 9. The number of nitro groups is 1. The van der Waals surface area contributed by atoms with Crippen LogP contribution in [-0.2, 0) is 10.0 Å². The summed E-state index contributed by atoms with van der Waals surface area (Å²) >= 11 is 0. The second-order valence-corrected chi connectivity index (χ2v) is 8.96. The molecule has 0 saturated carbocycles. The first-order valence-electron chi connectivity index (χ1n) is 9.35. The van der Waals surface area contributed by atoms with Gasteiger partial charge in [-0.1, -0.05) is 18.2 Å². The van der Waals surface area contributed by atoms with Crippen LogP contribution in [0.5, 0.6) is 0 Å². The Kier molecular flexibility index (Phi) is 6.40. The van der Waals surface area contributed by atoms with E-state index >= 15 is 0 Å². The van der Waals surface area contributed by atoms with Crippen LogP contribution in [0.1, 0.15) is 18.7 Å². The lowest BCUT2D eigenvalue weighted by Crippen LogP contribution is -2.31. The van der Waals surface area contributed by atoms with Crippen LogP contribution < -0.4 is 10.0 Å². The number of hydrogen-bond donors (Lipinski definition) is 2. The van der Waals surface area contributed by atoms with Crippen molar-refractivity contribution in [3.63, 3.8) is 0 Å². The van der Waals surface area contributed by atoms with Gasteiger partial charge in [-0.3, -0.25) is 10.1 Å². The lowest BCUT2D eigenvalue weighted by molar-refractivity contribution is -0.384. The summed E-state index contributed by atoms with van der Waals surface area (Å²) < 4.78 is 33.2. The smallest absolute Gasteiger partial charge is 0.293 e.